The Morgan fingerprint density at radius 2 is 2.04 bits per heavy atom. The number of hydrogen-bond acceptors (Lipinski definition) is 3. The Morgan fingerprint density at radius 1 is 1.17 bits per heavy atom. The molecule has 3 aromatic rings. The van der Waals surface area contributed by atoms with Crippen LogP contribution in [0.4, 0.5) is 0 Å². The van der Waals surface area contributed by atoms with Gasteiger partial charge in [0.15, 0.2) is 5.76 Å². The summed E-state index contributed by atoms with van der Waals surface area (Å²) in [5.41, 5.74) is 2.00. The second kappa shape index (κ2) is 6.86. The molecule has 1 amide bonds. The minimum Gasteiger partial charge on any atom is -0.463 e. The Hall–Kier alpha value is -2.30. The molecule has 0 aliphatic carbocycles. The maximum Gasteiger partial charge on any atom is 0.253 e. The predicted octanol–water partition coefficient (Wildman–Crippen LogP) is 4.58. The first-order chi connectivity index (χ1) is 11.1. The van der Waals surface area contributed by atoms with Gasteiger partial charge in [-0.1, -0.05) is 29.3 Å². The zero-order valence-corrected chi connectivity index (χ0v) is 13.4. The van der Waals surface area contributed by atoms with E-state index in [0.717, 1.165) is 11.3 Å². The van der Waals surface area contributed by atoms with Crippen LogP contribution in [0.1, 0.15) is 15.9 Å². The number of rotatable bonds is 4. The van der Waals surface area contributed by atoms with Gasteiger partial charge in [0.1, 0.15) is 5.69 Å². The van der Waals surface area contributed by atoms with Crippen LogP contribution in [0.3, 0.4) is 0 Å². The smallest absolute Gasteiger partial charge is 0.253 e. The minimum absolute atomic E-state index is 0.262. The van der Waals surface area contributed by atoms with E-state index >= 15 is 0 Å². The molecule has 0 bridgehead atoms. The van der Waals surface area contributed by atoms with Crippen LogP contribution in [-0.4, -0.2) is 10.9 Å². The molecule has 0 fully saturated rings. The summed E-state index contributed by atoms with van der Waals surface area (Å²) in [5.74, 6) is 0.440. The van der Waals surface area contributed by atoms with E-state index in [0.29, 0.717) is 27.9 Å². The van der Waals surface area contributed by atoms with E-state index in [-0.39, 0.29) is 5.91 Å². The molecule has 0 unspecified atom stereocenters. The van der Waals surface area contributed by atoms with Crippen molar-refractivity contribution in [1.29, 1.82) is 0 Å². The van der Waals surface area contributed by atoms with Gasteiger partial charge in [0, 0.05) is 17.8 Å². The van der Waals surface area contributed by atoms with E-state index in [1.165, 1.54) is 6.07 Å². The highest BCUT2D eigenvalue weighted by Crippen LogP contribution is 2.21. The number of nitrogens with one attached hydrogen (secondary N) is 1. The van der Waals surface area contributed by atoms with Crippen LogP contribution in [0.5, 0.6) is 0 Å². The summed E-state index contributed by atoms with van der Waals surface area (Å²) in [6.45, 7) is 0.350. The minimum atomic E-state index is -0.262. The zero-order chi connectivity index (χ0) is 16.2. The summed E-state index contributed by atoms with van der Waals surface area (Å²) < 4.78 is 5.28. The molecule has 0 saturated heterocycles. The second-order valence-corrected chi connectivity index (χ2v) is 5.68. The lowest BCUT2D eigenvalue weighted by molar-refractivity contribution is 0.0951. The molecule has 23 heavy (non-hydrogen) atoms. The number of pyridine rings is 1. The lowest BCUT2D eigenvalue weighted by Crippen LogP contribution is -2.23. The van der Waals surface area contributed by atoms with Gasteiger partial charge in [0.05, 0.1) is 16.8 Å². The molecule has 0 aliphatic heterocycles. The first-order valence-corrected chi connectivity index (χ1v) is 7.61. The van der Waals surface area contributed by atoms with Gasteiger partial charge in [-0.3, -0.25) is 9.78 Å². The van der Waals surface area contributed by atoms with E-state index < -0.39 is 0 Å². The van der Waals surface area contributed by atoms with Crippen molar-refractivity contribution in [3.8, 4) is 11.5 Å². The summed E-state index contributed by atoms with van der Waals surface area (Å²) in [7, 11) is 0. The highest BCUT2D eigenvalue weighted by molar-refractivity contribution is 6.36. The van der Waals surface area contributed by atoms with Crippen molar-refractivity contribution < 1.29 is 9.21 Å². The van der Waals surface area contributed by atoms with Crippen molar-refractivity contribution in [3.05, 3.63) is 76.1 Å². The summed E-state index contributed by atoms with van der Waals surface area (Å²) >= 11 is 11.8. The van der Waals surface area contributed by atoms with E-state index in [1.54, 1.807) is 30.7 Å². The van der Waals surface area contributed by atoms with E-state index in [9.17, 15) is 4.79 Å². The number of halogens is 2. The van der Waals surface area contributed by atoms with Gasteiger partial charge < -0.3 is 9.73 Å². The van der Waals surface area contributed by atoms with E-state index in [1.807, 2.05) is 18.2 Å². The number of nitrogens with zero attached hydrogens (tertiary/aromatic N) is 1. The summed E-state index contributed by atoms with van der Waals surface area (Å²) in [6, 6.07) is 12.1. The first kappa shape index (κ1) is 15.6. The van der Waals surface area contributed by atoms with Crippen molar-refractivity contribution in [2.75, 3.05) is 0 Å². The maximum absolute atomic E-state index is 12.1. The van der Waals surface area contributed by atoms with E-state index in [4.69, 9.17) is 27.6 Å². The van der Waals surface area contributed by atoms with Crippen molar-refractivity contribution >= 4 is 29.1 Å². The van der Waals surface area contributed by atoms with Gasteiger partial charge in [0.2, 0.25) is 0 Å². The number of amides is 1. The molecule has 4 nitrogen and oxygen atoms in total. The maximum atomic E-state index is 12.1. The summed E-state index contributed by atoms with van der Waals surface area (Å²) in [4.78, 5) is 16.4. The van der Waals surface area contributed by atoms with Crippen molar-refractivity contribution in [1.82, 2.24) is 10.3 Å². The molecule has 3 rings (SSSR count). The molecule has 2 heterocycles. The monoisotopic (exact) mass is 346 g/mol. The molecule has 0 radical (unpaired) electrons. The predicted molar refractivity (Wildman–Crippen MR) is 89.6 cm³/mol. The standard InChI is InChI=1S/C17H12Cl2N2O2/c18-12-4-5-13(14(19)8-12)17(22)21-10-11-3-6-15(20-9-11)16-2-1-7-23-16/h1-9H,10H2,(H,21,22). The number of aromatic nitrogens is 1. The molecular formula is C17H12Cl2N2O2. The van der Waals surface area contributed by atoms with Gasteiger partial charge in [-0.05, 0) is 42.0 Å². The number of hydrogen-bond donors (Lipinski definition) is 1. The van der Waals surface area contributed by atoms with Crippen molar-refractivity contribution in [3.63, 3.8) is 0 Å². The van der Waals surface area contributed by atoms with Gasteiger partial charge >= 0.3 is 0 Å². The molecule has 6 heteroatoms. The molecule has 0 aliphatic rings. The van der Waals surface area contributed by atoms with Crippen molar-refractivity contribution in [2.24, 2.45) is 0 Å². The SMILES string of the molecule is O=C(NCc1ccc(-c2ccco2)nc1)c1ccc(Cl)cc1Cl. The largest absolute Gasteiger partial charge is 0.463 e. The average Bonchev–Trinajstić information content (AvgIpc) is 3.07. The first-order valence-electron chi connectivity index (χ1n) is 6.85. The van der Waals surface area contributed by atoms with Gasteiger partial charge in [0.25, 0.3) is 5.91 Å². The van der Waals surface area contributed by atoms with Crippen LogP contribution in [0, 0.1) is 0 Å². The van der Waals surface area contributed by atoms with Gasteiger partial charge in [-0.15, -0.1) is 0 Å². The fourth-order valence-electron chi connectivity index (χ4n) is 2.05. The van der Waals surface area contributed by atoms with Crippen LogP contribution in [0.2, 0.25) is 10.0 Å². The highest BCUT2D eigenvalue weighted by atomic mass is 35.5. The molecule has 1 N–H and O–H groups in total. The Kier molecular flexibility index (Phi) is 4.65. The van der Waals surface area contributed by atoms with Crippen LogP contribution in [0.25, 0.3) is 11.5 Å². The molecule has 0 saturated carbocycles. The Balaban J connectivity index is 1.65. The Labute approximate surface area is 143 Å². The van der Waals surface area contributed by atoms with Crippen LogP contribution in [0.15, 0.2) is 59.3 Å². The second-order valence-electron chi connectivity index (χ2n) is 4.84. The molecular weight excluding hydrogens is 335 g/mol. The van der Waals surface area contributed by atoms with Gasteiger partial charge in [-0.25, -0.2) is 0 Å². The Morgan fingerprint density at radius 3 is 2.70 bits per heavy atom. The third-order valence-electron chi connectivity index (χ3n) is 3.23. The molecule has 1 aromatic carbocycles. The number of carbonyl (C=O) groups is 1. The average molecular weight is 347 g/mol. The number of benzene rings is 1. The highest BCUT2D eigenvalue weighted by Gasteiger charge is 2.10. The van der Waals surface area contributed by atoms with Crippen molar-refractivity contribution in [2.45, 2.75) is 6.54 Å². The number of furan rings is 1. The zero-order valence-electron chi connectivity index (χ0n) is 11.9. The van der Waals surface area contributed by atoms with Crippen LogP contribution < -0.4 is 5.32 Å². The Bertz CT molecular complexity index is 815. The van der Waals surface area contributed by atoms with E-state index in [2.05, 4.69) is 10.3 Å². The third-order valence-corrected chi connectivity index (χ3v) is 3.77. The third kappa shape index (κ3) is 3.73. The quantitative estimate of drug-likeness (QED) is 0.752. The van der Waals surface area contributed by atoms with Crippen LogP contribution >= 0.6 is 23.2 Å². The molecule has 0 atom stereocenters. The normalized spacial score (nSPS) is 10.5. The molecule has 2 aromatic heterocycles. The summed E-state index contributed by atoms with van der Waals surface area (Å²) in [5, 5.41) is 3.61. The lowest BCUT2D eigenvalue weighted by Gasteiger charge is -2.07. The van der Waals surface area contributed by atoms with Gasteiger partial charge in [-0.2, -0.15) is 0 Å². The number of carbonyl (C=O) groups excluding carboxylic acids is 1. The lowest BCUT2D eigenvalue weighted by atomic mass is 10.2. The fourth-order valence-corrected chi connectivity index (χ4v) is 2.54. The topological polar surface area (TPSA) is 55.1 Å². The van der Waals surface area contributed by atoms with Crippen LogP contribution in [-0.2, 0) is 6.54 Å². The molecule has 116 valence electrons. The molecule has 0 spiro atoms. The summed E-state index contributed by atoms with van der Waals surface area (Å²) in [6.07, 6.45) is 3.29. The fraction of sp³-hybridized carbons (Fsp3) is 0.0588.